The molecule has 146 valence electrons. The van der Waals surface area contributed by atoms with Gasteiger partial charge in [-0.15, -0.1) is 0 Å². The second-order valence-electron chi connectivity index (χ2n) is 7.22. The molecule has 5 nitrogen and oxygen atoms in total. The number of carbonyl (C=O) groups is 1. The van der Waals surface area contributed by atoms with Gasteiger partial charge in [-0.2, -0.15) is 11.8 Å². The van der Waals surface area contributed by atoms with Crippen molar-refractivity contribution in [2.75, 3.05) is 17.0 Å². The summed E-state index contributed by atoms with van der Waals surface area (Å²) in [6.07, 6.45) is 0. The van der Waals surface area contributed by atoms with E-state index in [4.69, 9.17) is 0 Å². The van der Waals surface area contributed by atoms with Crippen molar-refractivity contribution in [3.63, 3.8) is 0 Å². The molecule has 7 heteroatoms. The Morgan fingerprint density at radius 2 is 1.74 bits per heavy atom. The highest BCUT2D eigenvalue weighted by Crippen LogP contribution is 2.22. The van der Waals surface area contributed by atoms with Gasteiger partial charge >= 0.3 is 0 Å². The van der Waals surface area contributed by atoms with Crippen molar-refractivity contribution in [3.05, 3.63) is 59.7 Å². The zero-order valence-corrected chi connectivity index (χ0v) is 17.7. The predicted octanol–water partition coefficient (Wildman–Crippen LogP) is 4.06. The first-order valence-corrected chi connectivity index (χ1v) is 11.2. The summed E-state index contributed by atoms with van der Waals surface area (Å²) < 4.78 is 27.8. The third kappa shape index (κ3) is 6.92. The number of benzene rings is 2. The number of hydrogen-bond acceptors (Lipinski definition) is 4. The zero-order chi connectivity index (χ0) is 20.1. The molecule has 0 unspecified atom stereocenters. The Labute approximate surface area is 166 Å². The molecule has 0 aromatic heterocycles. The third-order valence-corrected chi connectivity index (χ3v) is 6.29. The van der Waals surface area contributed by atoms with E-state index in [0.717, 1.165) is 11.3 Å². The minimum atomic E-state index is -3.76. The lowest BCUT2D eigenvalue weighted by molar-refractivity contribution is 0.0956. The van der Waals surface area contributed by atoms with Gasteiger partial charge in [-0.25, -0.2) is 8.42 Å². The van der Waals surface area contributed by atoms with E-state index in [9.17, 15) is 13.2 Å². The molecule has 0 heterocycles. The van der Waals surface area contributed by atoms with Crippen LogP contribution in [0.1, 0.15) is 36.7 Å². The van der Waals surface area contributed by atoms with Crippen molar-refractivity contribution in [2.24, 2.45) is 0 Å². The van der Waals surface area contributed by atoms with E-state index in [1.54, 1.807) is 36.0 Å². The maximum atomic E-state index is 12.6. The van der Waals surface area contributed by atoms with Gasteiger partial charge in [0.1, 0.15) is 0 Å². The molecular formula is C20H26N2O3S2. The number of thioether (sulfide) groups is 1. The van der Waals surface area contributed by atoms with E-state index in [1.807, 2.05) is 19.1 Å². The Kier molecular flexibility index (Phi) is 6.95. The highest BCUT2D eigenvalue weighted by Gasteiger charge is 2.17. The standard InChI is InChI=1S/C20H26N2O3S2/c1-15-8-10-17(11-9-15)22-27(24,25)18-7-5-6-16(14-18)19(23)21-12-13-26-20(2,3)4/h5-11,14,22H,12-13H2,1-4H3,(H,21,23). The molecule has 0 atom stereocenters. The van der Waals surface area contributed by atoms with Gasteiger partial charge in [-0.3, -0.25) is 9.52 Å². The summed E-state index contributed by atoms with van der Waals surface area (Å²) >= 11 is 1.76. The summed E-state index contributed by atoms with van der Waals surface area (Å²) in [4.78, 5) is 12.4. The first-order chi connectivity index (χ1) is 12.6. The average molecular weight is 407 g/mol. The fraction of sp³-hybridized carbons (Fsp3) is 0.350. The van der Waals surface area contributed by atoms with E-state index in [0.29, 0.717) is 17.8 Å². The largest absolute Gasteiger partial charge is 0.351 e. The lowest BCUT2D eigenvalue weighted by Gasteiger charge is -2.17. The molecule has 0 saturated heterocycles. The SMILES string of the molecule is Cc1ccc(NS(=O)(=O)c2cccc(C(=O)NCCSC(C)(C)C)c2)cc1. The third-order valence-electron chi connectivity index (χ3n) is 3.63. The quantitative estimate of drug-likeness (QED) is 0.680. The molecule has 0 aliphatic carbocycles. The van der Waals surface area contributed by atoms with E-state index < -0.39 is 10.0 Å². The number of amides is 1. The zero-order valence-electron chi connectivity index (χ0n) is 16.1. The smallest absolute Gasteiger partial charge is 0.261 e. The van der Waals surface area contributed by atoms with Crippen LogP contribution in [0.3, 0.4) is 0 Å². The fourth-order valence-electron chi connectivity index (χ4n) is 2.26. The minimum absolute atomic E-state index is 0.0554. The highest BCUT2D eigenvalue weighted by molar-refractivity contribution is 8.00. The summed E-state index contributed by atoms with van der Waals surface area (Å²) in [5.74, 6) is 0.513. The maximum Gasteiger partial charge on any atom is 0.261 e. The average Bonchev–Trinajstić information content (AvgIpc) is 2.60. The van der Waals surface area contributed by atoms with Gasteiger partial charge < -0.3 is 5.32 Å². The second-order valence-corrected chi connectivity index (χ2v) is 10.8. The van der Waals surface area contributed by atoms with Gasteiger partial charge in [0, 0.05) is 28.3 Å². The Morgan fingerprint density at radius 1 is 1.07 bits per heavy atom. The van der Waals surface area contributed by atoms with Gasteiger partial charge in [0.05, 0.1) is 4.90 Å². The van der Waals surface area contributed by atoms with Crippen molar-refractivity contribution >= 4 is 33.4 Å². The first-order valence-electron chi connectivity index (χ1n) is 8.68. The van der Waals surface area contributed by atoms with E-state index >= 15 is 0 Å². The normalized spacial score (nSPS) is 11.9. The van der Waals surface area contributed by atoms with Crippen LogP contribution in [0.15, 0.2) is 53.4 Å². The van der Waals surface area contributed by atoms with Crippen LogP contribution in [0.4, 0.5) is 5.69 Å². The van der Waals surface area contributed by atoms with Crippen molar-refractivity contribution in [3.8, 4) is 0 Å². The molecule has 0 fully saturated rings. The lowest BCUT2D eigenvalue weighted by Crippen LogP contribution is -2.27. The first kappa shape index (κ1) is 21.3. The van der Waals surface area contributed by atoms with Crippen molar-refractivity contribution in [2.45, 2.75) is 37.3 Å². The summed E-state index contributed by atoms with van der Waals surface area (Å²) in [6, 6.07) is 13.1. The van der Waals surface area contributed by atoms with Crippen LogP contribution in [0, 0.1) is 6.92 Å². The Morgan fingerprint density at radius 3 is 2.37 bits per heavy atom. The second kappa shape index (κ2) is 8.80. The number of rotatable bonds is 7. The lowest BCUT2D eigenvalue weighted by atomic mass is 10.2. The molecule has 0 saturated carbocycles. The molecule has 2 aromatic rings. The number of sulfonamides is 1. The number of aryl methyl sites for hydroxylation is 1. The summed E-state index contributed by atoms with van der Waals surface area (Å²) in [7, 11) is -3.76. The molecule has 0 radical (unpaired) electrons. The Balaban J connectivity index is 2.04. The molecule has 2 aromatic carbocycles. The summed E-state index contributed by atoms with van der Waals surface area (Å²) in [5.41, 5.74) is 1.85. The van der Waals surface area contributed by atoms with E-state index in [2.05, 4.69) is 30.8 Å². The summed E-state index contributed by atoms with van der Waals surface area (Å²) in [6.45, 7) is 8.82. The summed E-state index contributed by atoms with van der Waals surface area (Å²) in [5, 5.41) is 2.83. The topological polar surface area (TPSA) is 75.3 Å². The highest BCUT2D eigenvalue weighted by atomic mass is 32.2. The number of carbonyl (C=O) groups excluding carboxylic acids is 1. The number of anilines is 1. The van der Waals surface area contributed by atoms with Crippen LogP contribution in [0.25, 0.3) is 0 Å². The van der Waals surface area contributed by atoms with Crippen LogP contribution >= 0.6 is 11.8 Å². The number of hydrogen-bond donors (Lipinski definition) is 2. The van der Waals surface area contributed by atoms with Crippen LogP contribution in [0.5, 0.6) is 0 Å². The van der Waals surface area contributed by atoms with E-state index in [1.165, 1.54) is 12.1 Å². The van der Waals surface area contributed by atoms with Gasteiger partial charge in [-0.1, -0.05) is 44.5 Å². The molecule has 0 aliphatic rings. The van der Waals surface area contributed by atoms with Crippen LogP contribution < -0.4 is 10.0 Å². The molecular weight excluding hydrogens is 380 g/mol. The van der Waals surface area contributed by atoms with Gasteiger partial charge in [-0.05, 0) is 37.3 Å². The van der Waals surface area contributed by atoms with Gasteiger partial charge in [0.2, 0.25) is 0 Å². The molecule has 27 heavy (non-hydrogen) atoms. The van der Waals surface area contributed by atoms with Crippen LogP contribution in [-0.4, -0.2) is 31.4 Å². The predicted molar refractivity (Wildman–Crippen MR) is 113 cm³/mol. The molecule has 0 spiro atoms. The molecule has 0 aliphatic heterocycles. The van der Waals surface area contributed by atoms with E-state index in [-0.39, 0.29) is 15.5 Å². The van der Waals surface area contributed by atoms with Gasteiger partial charge in [0.15, 0.2) is 0 Å². The van der Waals surface area contributed by atoms with Crippen molar-refractivity contribution in [1.82, 2.24) is 5.32 Å². The van der Waals surface area contributed by atoms with Crippen molar-refractivity contribution in [1.29, 1.82) is 0 Å². The fourth-order valence-corrected chi connectivity index (χ4v) is 4.18. The molecule has 0 bridgehead atoms. The minimum Gasteiger partial charge on any atom is -0.351 e. The molecule has 2 N–H and O–H groups in total. The Bertz CT molecular complexity index is 886. The molecule has 2 rings (SSSR count). The number of nitrogens with one attached hydrogen (secondary N) is 2. The Hall–Kier alpha value is -1.99. The maximum absolute atomic E-state index is 12.6. The molecule has 1 amide bonds. The van der Waals surface area contributed by atoms with Crippen LogP contribution in [0.2, 0.25) is 0 Å². The van der Waals surface area contributed by atoms with Gasteiger partial charge in [0.25, 0.3) is 15.9 Å². The van der Waals surface area contributed by atoms with Crippen LogP contribution in [-0.2, 0) is 10.0 Å². The van der Waals surface area contributed by atoms with Crippen molar-refractivity contribution < 1.29 is 13.2 Å². The monoisotopic (exact) mass is 406 g/mol.